The first-order valence-electron chi connectivity index (χ1n) is 4.69. The molecular formula is C9H9Cl2N3O4S. The normalized spacial score (nSPS) is 10.8. The SMILES string of the molecule is COC(=O)Nc1nc2ccc(S(=O)(=O)Cl)cc2[nH]1.Cl. The number of aromatic nitrogens is 2. The minimum Gasteiger partial charge on any atom is -0.453 e. The van der Waals surface area contributed by atoms with E-state index in [-0.39, 0.29) is 23.3 Å². The van der Waals surface area contributed by atoms with Crippen LogP contribution >= 0.6 is 23.1 Å². The first-order valence-corrected chi connectivity index (χ1v) is 7.00. The zero-order valence-electron chi connectivity index (χ0n) is 9.51. The molecule has 0 radical (unpaired) electrons. The van der Waals surface area contributed by atoms with Crippen LogP contribution in [0.4, 0.5) is 10.7 Å². The van der Waals surface area contributed by atoms with Crippen LogP contribution in [0.25, 0.3) is 11.0 Å². The number of carbonyl (C=O) groups is 1. The van der Waals surface area contributed by atoms with E-state index in [1.54, 1.807) is 0 Å². The first kappa shape index (κ1) is 15.5. The summed E-state index contributed by atoms with van der Waals surface area (Å²) in [6.07, 6.45) is -0.681. The number of hydrogen-bond acceptors (Lipinski definition) is 5. The number of fused-ring (bicyclic) bond motifs is 1. The van der Waals surface area contributed by atoms with Crippen molar-refractivity contribution in [3.63, 3.8) is 0 Å². The largest absolute Gasteiger partial charge is 0.453 e. The Kier molecular flexibility index (Phi) is 4.61. The van der Waals surface area contributed by atoms with Crippen molar-refractivity contribution in [2.75, 3.05) is 12.4 Å². The van der Waals surface area contributed by atoms with Crippen LogP contribution in [0.15, 0.2) is 23.1 Å². The number of benzene rings is 1. The van der Waals surface area contributed by atoms with E-state index in [1.807, 2.05) is 0 Å². The van der Waals surface area contributed by atoms with Gasteiger partial charge in [-0.3, -0.25) is 5.32 Å². The third-order valence-electron chi connectivity index (χ3n) is 2.14. The van der Waals surface area contributed by atoms with Crippen LogP contribution in [0.1, 0.15) is 0 Å². The fourth-order valence-electron chi connectivity index (χ4n) is 1.35. The molecule has 1 heterocycles. The number of amides is 1. The summed E-state index contributed by atoms with van der Waals surface area (Å²) < 4.78 is 26.7. The van der Waals surface area contributed by atoms with E-state index in [4.69, 9.17) is 10.7 Å². The van der Waals surface area contributed by atoms with Crippen molar-refractivity contribution >= 4 is 55.2 Å². The number of carbonyl (C=O) groups excluding carboxylic acids is 1. The van der Waals surface area contributed by atoms with Gasteiger partial charge in [0.15, 0.2) is 0 Å². The van der Waals surface area contributed by atoms with Crippen LogP contribution in [-0.2, 0) is 13.8 Å². The molecule has 19 heavy (non-hydrogen) atoms. The summed E-state index contributed by atoms with van der Waals surface area (Å²) in [4.78, 5) is 17.7. The number of aromatic amines is 1. The minimum atomic E-state index is -3.80. The summed E-state index contributed by atoms with van der Waals surface area (Å²) in [7, 11) is 2.64. The van der Waals surface area contributed by atoms with Crippen LogP contribution < -0.4 is 5.32 Å². The molecule has 0 aliphatic heterocycles. The number of nitrogens with zero attached hydrogens (tertiary/aromatic N) is 1. The van der Waals surface area contributed by atoms with Gasteiger partial charge in [0.25, 0.3) is 9.05 Å². The Hall–Kier alpha value is -1.51. The molecule has 104 valence electrons. The quantitative estimate of drug-likeness (QED) is 0.823. The number of H-pyrrole nitrogens is 1. The lowest BCUT2D eigenvalue weighted by Crippen LogP contribution is -2.11. The van der Waals surface area contributed by atoms with Crippen molar-refractivity contribution < 1.29 is 17.9 Å². The number of hydrogen-bond donors (Lipinski definition) is 2. The zero-order chi connectivity index (χ0) is 13.3. The predicted octanol–water partition coefficient (Wildman–Crippen LogP) is 2.09. The highest BCUT2D eigenvalue weighted by molar-refractivity contribution is 8.13. The third kappa shape index (κ3) is 3.49. The number of methoxy groups -OCH3 is 1. The zero-order valence-corrected chi connectivity index (χ0v) is 11.9. The van der Waals surface area contributed by atoms with Crippen molar-refractivity contribution in [1.82, 2.24) is 9.97 Å². The second-order valence-electron chi connectivity index (χ2n) is 3.32. The summed E-state index contributed by atoms with van der Waals surface area (Å²) in [5, 5.41) is 2.33. The monoisotopic (exact) mass is 325 g/mol. The second kappa shape index (κ2) is 5.64. The molecular weight excluding hydrogens is 317 g/mol. The van der Waals surface area contributed by atoms with Crippen LogP contribution in [-0.4, -0.2) is 31.6 Å². The highest BCUT2D eigenvalue weighted by Gasteiger charge is 2.13. The number of rotatable bonds is 2. The van der Waals surface area contributed by atoms with E-state index in [0.717, 1.165) is 0 Å². The average molecular weight is 326 g/mol. The van der Waals surface area contributed by atoms with Gasteiger partial charge in [0.1, 0.15) is 0 Å². The van der Waals surface area contributed by atoms with E-state index >= 15 is 0 Å². The van der Waals surface area contributed by atoms with Gasteiger partial charge in [0, 0.05) is 10.7 Å². The van der Waals surface area contributed by atoms with Gasteiger partial charge in [-0.2, -0.15) is 0 Å². The van der Waals surface area contributed by atoms with Crippen molar-refractivity contribution in [3.8, 4) is 0 Å². The van der Waals surface area contributed by atoms with Gasteiger partial charge < -0.3 is 9.72 Å². The lowest BCUT2D eigenvalue weighted by Gasteiger charge is -1.97. The van der Waals surface area contributed by atoms with Gasteiger partial charge in [-0.25, -0.2) is 18.2 Å². The molecule has 0 saturated heterocycles. The van der Waals surface area contributed by atoms with Crippen molar-refractivity contribution in [2.45, 2.75) is 4.90 Å². The Morgan fingerprint density at radius 2 is 2.16 bits per heavy atom. The molecule has 2 rings (SSSR count). The molecule has 0 fully saturated rings. The van der Waals surface area contributed by atoms with E-state index in [0.29, 0.717) is 11.0 Å². The van der Waals surface area contributed by atoms with E-state index in [1.165, 1.54) is 25.3 Å². The first-order chi connectivity index (χ1) is 8.40. The molecule has 10 heteroatoms. The Morgan fingerprint density at radius 3 is 2.74 bits per heavy atom. The molecule has 0 spiro atoms. The second-order valence-corrected chi connectivity index (χ2v) is 5.88. The molecule has 0 saturated carbocycles. The van der Waals surface area contributed by atoms with E-state index in [2.05, 4.69) is 20.0 Å². The Morgan fingerprint density at radius 1 is 1.47 bits per heavy atom. The molecule has 2 aromatic rings. The van der Waals surface area contributed by atoms with Gasteiger partial charge >= 0.3 is 6.09 Å². The summed E-state index contributed by atoms with van der Waals surface area (Å²) in [5.41, 5.74) is 0.925. The van der Waals surface area contributed by atoms with Crippen molar-refractivity contribution in [3.05, 3.63) is 18.2 Å². The van der Waals surface area contributed by atoms with Crippen LogP contribution in [0, 0.1) is 0 Å². The van der Waals surface area contributed by atoms with Crippen LogP contribution in [0.5, 0.6) is 0 Å². The van der Waals surface area contributed by atoms with E-state index < -0.39 is 15.1 Å². The lowest BCUT2D eigenvalue weighted by molar-refractivity contribution is 0.186. The molecule has 7 nitrogen and oxygen atoms in total. The summed E-state index contributed by atoms with van der Waals surface area (Å²) in [6.45, 7) is 0. The molecule has 2 N–H and O–H groups in total. The molecule has 0 aliphatic rings. The number of ether oxygens (including phenoxy) is 1. The molecule has 1 aromatic carbocycles. The Bertz CT molecular complexity index is 713. The smallest absolute Gasteiger partial charge is 0.413 e. The van der Waals surface area contributed by atoms with Crippen LogP contribution in [0.3, 0.4) is 0 Å². The summed E-state index contributed by atoms with van der Waals surface area (Å²) >= 11 is 0. The van der Waals surface area contributed by atoms with Gasteiger partial charge in [-0.05, 0) is 18.2 Å². The maximum Gasteiger partial charge on any atom is 0.413 e. The summed E-state index contributed by atoms with van der Waals surface area (Å²) in [6, 6.07) is 4.13. The molecule has 0 atom stereocenters. The van der Waals surface area contributed by atoms with Gasteiger partial charge in [0.2, 0.25) is 5.95 Å². The standard InChI is InChI=1S/C9H8ClN3O4S.ClH/c1-17-9(14)13-8-11-6-3-2-5(18(10,15)16)4-7(6)12-8;/h2-4H,1H3,(H2,11,12,13,14);1H. The van der Waals surface area contributed by atoms with Gasteiger partial charge in [-0.1, -0.05) is 0 Å². The average Bonchev–Trinajstić information content (AvgIpc) is 2.68. The highest BCUT2D eigenvalue weighted by atomic mass is 35.7. The minimum absolute atomic E-state index is 0. The predicted molar refractivity (Wildman–Crippen MR) is 72.4 cm³/mol. The fraction of sp³-hybridized carbons (Fsp3) is 0.111. The molecule has 1 aromatic heterocycles. The molecule has 0 bridgehead atoms. The molecule has 1 amide bonds. The third-order valence-corrected chi connectivity index (χ3v) is 3.49. The number of imidazole rings is 1. The van der Waals surface area contributed by atoms with Crippen LogP contribution in [0.2, 0.25) is 0 Å². The Labute approximate surface area is 119 Å². The van der Waals surface area contributed by atoms with E-state index in [9.17, 15) is 13.2 Å². The fourth-order valence-corrected chi connectivity index (χ4v) is 2.12. The maximum absolute atomic E-state index is 11.1. The number of halogens is 2. The Balaban J connectivity index is 0.00000180. The van der Waals surface area contributed by atoms with Gasteiger partial charge in [0.05, 0.1) is 23.0 Å². The molecule has 0 aliphatic carbocycles. The maximum atomic E-state index is 11.1. The van der Waals surface area contributed by atoms with Crippen molar-refractivity contribution in [1.29, 1.82) is 0 Å². The molecule has 0 unspecified atom stereocenters. The van der Waals surface area contributed by atoms with Gasteiger partial charge in [-0.15, -0.1) is 12.4 Å². The topological polar surface area (TPSA) is 101 Å². The number of anilines is 1. The summed E-state index contributed by atoms with van der Waals surface area (Å²) in [5.74, 6) is 0.154. The highest BCUT2D eigenvalue weighted by Crippen LogP contribution is 2.21. The van der Waals surface area contributed by atoms with Crippen molar-refractivity contribution in [2.24, 2.45) is 0 Å². The number of nitrogens with one attached hydrogen (secondary N) is 2. The lowest BCUT2D eigenvalue weighted by atomic mass is 10.3.